The molecule has 2 aromatic rings. The summed E-state index contributed by atoms with van der Waals surface area (Å²) in [6.45, 7) is 10.0. The Bertz CT molecular complexity index is 1220. The monoisotopic (exact) mass is 567 g/mol. The van der Waals surface area contributed by atoms with Crippen molar-refractivity contribution in [1.29, 1.82) is 0 Å². The number of halogens is 9. The van der Waals surface area contributed by atoms with Crippen LogP contribution in [-0.2, 0) is 29.8 Å². The minimum atomic E-state index is -5.12. The molecule has 1 heterocycles. The van der Waals surface area contributed by atoms with Gasteiger partial charge in [-0.3, -0.25) is 4.90 Å². The number of ether oxygens (including phenoxy) is 1. The summed E-state index contributed by atoms with van der Waals surface area (Å²) < 4.78 is 126. The molecule has 14 heteroatoms. The van der Waals surface area contributed by atoms with Gasteiger partial charge in [0.15, 0.2) is 0 Å². The number of benzene rings is 2. The quantitative estimate of drug-likeness (QED) is 0.207. The van der Waals surface area contributed by atoms with Crippen molar-refractivity contribution in [3.8, 4) is 0 Å². The Morgan fingerprint density at radius 2 is 1.51 bits per heavy atom. The number of nitrogens with zero attached hydrogens (tertiary/aromatic N) is 3. The average molecular weight is 567 g/mol. The molecule has 0 N–H and O–H groups in total. The van der Waals surface area contributed by atoms with Crippen molar-refractivity contribution in [2.45, 2.75) is 63.8 Å². The fraction of sp³-hybridized carbons (Fsp3) is 0.440. The fourth-order valence-corrected chi connectivity index (χ4v) is 4.49. The van der Waals surface area contributed by atoms with Crippen molar-refractivity contribution in [2.24, 2.45) is 0 Å². The van der Waals surface area contributed by atoms with Gasteiger partial charge in [-0.2, -0.15) is 51.0 Å². The molecular weight excluding hydrogens is 545 g/mol. The van der Waals surface area contributed by atoms with E-state index in [9.17, 15) is 44.3 Å². The van der Waals surface area contributed by atoms with Crippen LogP contribution >= 0.6 is 0 Å². The molecule has 0 bridgehead atoms. The number of rotatable bonds is 5. The average Bonchev–Trinajstić information content (AvgIpc) is 2.84. The van der Waals surface area contributed by atoms with Crippen molar-refractivity contribution >= 4 is 11.8 Å². The van der Waals surface area contributed by atoms with Crippen LogP contribution in [0.25, 0.3) is 4.95 Å². The molecule has 39 heavy (non-hydrogen) atoms. The molecule has 0 unspecified atom stereocenters. The fourth-order valence-electron chi connectivity index (χ4n) is 4.49. The molecule has 212 valence electrons. The van der Waals surface area contributed by atoms with Crippen LogP contribution < -0.4 is 4.90 Å². The lowest BCUT2D eigenvalue weighted by molar-refractivity contribution is -0.143. The van der Waals surface area contributed by atoms with Gasteiger partial charge in [0, 0.05) is 11.6 Å². The zero-order valence-corrected chi connectivity index (χ0v) is 20.5. The Kier molecular flexibility index (Phi) is 8.33. The van der Waals surface area contributed by atoms with Gasteiger partial charge >= 0.3 is 24.6 Å². The molecule has 0 radical (unpaired) electrons. The van der Waals surface area contributed by atoms with Crippen molar-refractivity contribution in [3.63, 3.8) is 0 Å². The molecule has 1 amide bonds. The molecule has 0 fully saturated rings. The number of hydrogen-bond acceptors (Lipinski definition) is 3. The van der Waals surface area contributed by atoms with Crippen molar-refractivity contribution < 1.29 is 49.0 Å². The first-order valence-electron chi connectivity index (χ1n) is 11.6. The zero-order valence-electron chi connectivity index (χ0n) is 20.5. The minimum absolute atomic E-state index is 0.00165. The van der Waals surface area contributed by atoms with E-state index in [4.69, 9.17) is 11.3 Å². The third-order valence-electron chi connectivity index (χ3n) is 6.25. The van der Waals surface area contributed by atoms with Crippen LogP contribution in [0, 0.1) is 6.57 Å². The molecule has 5 nitrogen and oxygen atoms in total. The van der Waals surface area contributed by atoms with Crippen molar-refractivity contribution in [1.82, 2.24) is 5.01 Å². The first-order chi connectivity index (χ1) is 18.0. The largest absolute Gasteiger partial charge is 0.449 e. The number of alkyl halides is 9. The number of anilines is 1. The molecule has 3 rings (SSSR count). The van der Waals surface area contributed by atoms with Crippen LogP contribution in [0.4, 0.5) is 50.0 Å². The summed E-state index contributed by atoms with van der Waals surface area (Å²) in [6, 6.07) is 1.50. The van der Waals surface area contributed by atoms with Gasteiger partial charge in [0.1, 0.15) is 12.6 Å². The lowest BCUT2D eigenvalue weighted by atomic mass is 9.88. The van der Waals surface area contributed by atoms with Crippen LogP contribution in [-0.4, -0.2) is 23.8 Å². The van der Waals surface area contributed by atoms with Gasteiger partial charge in [-0.15, -0.1) is 0 Å². The number of amides is 1. The summed E-state index contributed by atoms with van der Waals surface area (Å²) in [4.78, 5) is 17.1. The summed E-state index contributed by atoms with van der Waals surface area (Å²) in [5.41, 5.74) is -4.92. The van der Waals surface area contributed by atoms with Crippen molar-refractivity contribution in [2.75, 3.05) is 11.5 Å². The minimum Gasteiger partial charge on any atom is -0.449 e. The van der Waals surface area contributed by atoms with E-state index in [1.807, 2.05) is 0 Å². The standard InChI is InChI=1S/C25H22F9N3O2/c1-4-18-12-21(19-11-15(23(26,27)28)6-7-20(19)37(18)22(38)39-5-2)36(35-3)13-14-8-16(24(29,30)31)10-17(9-14)25(32,33)34/h6-11,18,21H,4-5,12-13H2,1-2H3/t18-,21+/m1/s1. The Balaban J connectivity index is 2.15. The van der Waals surface area contributed by atoms with E-state index < -0.39 is 65.5 Å². The molecule has 0 saturated carbocycles. The first kappa shape index (κ1) is 29.9. The van der Waals surface area contributed by atoms with E-state index in [2.05, 4.69) is 4.95 Å². The molecule has 0 saturated heterocycles. The lowest BCUT2D eigenvalue weighted by Gasteiger charge is -2.40. The van der Waals surface area contributed by atoms with Gasteiger partial charge in [0.2, 0.25) is 0 Å². The summed E-state index contributed by atoms with van der Waals surface area (Å²) in [5.74, 6) is 0. The third kappa shape index (κ3) is 6.51. The number of carbonyl (C=O) groups is 1. The molecule has 1 aliphatic heterocycles. The first-order valence-corrected chi connectivity index (χ1v) is 11.6. The van der Waals surface area contributed by atoms with E-state index in [0.717, 1.165) is 28.1 Å². The topological polar surface area (TPSA) is 37.1 Å². The Morgan fingerprint density at radius 3 is 1.97 bits per heavy atom. The number of hydrogen-bond donors (Lipinski definition) is 0. The molecule has 0 aromatic heterocycles. The second kappa shape index (κ2) is 10.9. The van der Waals surface area contributed by atoms with Crippen LogP contribution in [0.3, 0.4) is 0 Å². The van der Waals surface area contributed by atoms with Gasteiger partial charge in [0.05, 0.1) is 29.0 Å². The normalized spacial score (nSPS) is 17.8. The maximum Gasteiger partial charge on any atom is 0.416 e. The van der Waals surface area contributed by atoms with Crippen LogP contribution in [0.2, 0.25) is 0 Å². The summed E-state index contributed by atoms with van der Waals surface area (Å²) >= 11 is 0. The van der Waals surface area contributed by atoms with E-state index in [0.29, 0.717) is 12.1 Å². The van der Waals surface area contributed by atoms with E-state index in [-0.39, 0.29) is 36.8 Å². The van der Waals surface area contributed by atoms with Gasteiger partial charge in [-0.25, -0.2) is 4.79 Å². The van der Waals surface area contributed by atoms with E-state index >= 15 is 0 Å². The van der Waals surface area contributed by atoms with Crippen LogP contribution in [0.1, 0.15) is 60.5 Å². The van der Waals surface area contributed by atoms with Crippen LogP contribution in [0.5, 0.6) is 0 Å². The molecule has 2 aromatic carbocycles. The van der Waals surface area contributed by atoms with Crippen LogP contribution in [0.15, 0.2) is 36.4 Å². The molecular formula is C25H22F9N3O2. The summed E-state index contributed by atoms with van der Waals surface area (Å²) in [7, 11) is 0. The van der Waals surface area contributed by atoms with E-state index in [1.54, 1.807) is 6.92 Å². The molecule has 1 aliphatic rings. The Labute approximate surface area is 217 Å². The predicted octanol–water partition coefficient (Wildman–Crippen LogP) is 8.27. The SMILES string of the molecule is [C-]#[N+]N(Cc1cc(C(F)(F)F)cc(C(F)(F)F)c1)[C@H]1C[C@@H](CC)N(C(=O)OCC)c2ccc(C(F)(F)F)cc21. The highest BCUT2D eigenvalue weighted by Crippen LogP contribution is 2.45. The molecule has 2 atom stereocenters. The smallest absolute Gasteiger partial charge is 0.416 e. The zero-order chi connectivity index (χ0) is 29.3. The maximum absolute atomic E-state index is 13.6. The Morgan fingerprint density at radius 1 is 0.949 bits per heavy atom. The lowest BCUT2D eigenvalue weighted by Crippen LogP contribution is -2.47. The highest BCUT2D eigenvalue weighted by atomic mass is 19.4. The Hall–Kier alpha value is -3.63. The third-order valence-corrected chi connectivity index (χ3v) is 6.25. The van der Waals surface area contributed by atoms with E-state index in [1.165, 1.54) is 6.92 Å². The second-order valence-corrected chi connectivity index (χ2v) is 8.77. The highest BCUT2D eigenvalue weighted by molar-refractivity contribution is 5.90. The van der Waals surface area contributed by atoms with Gasteiger partial charge < -0.3 is 4.74 Å². The summed E-state index contributed by atoms with van der Waals surface area (Å²) in [5, 5.41) is 0.805. The summed E-state index contributed by atoms with van der Waals surface area (Å²) in [6.07, 6.45) is -15.7. The second-order valence-electron chi connectivity index (χ2n) is 8.77. The molecule has 0 aliphatic carbocycles. The van der Waals surface area contributed by atoms with Gasteiger partial charge in [0.25, 0.3) is 0 Å². The number of carbonyl (C=O) groups excluding carboxylic acids is 1. The predicted molar refractivity (Wildman–Crippen MR) is 121 cm³/mol. The maximum atomic E-state index is 13.6. The molecule has 0 spiro atoms. The van der Waals surface area contributed by atoms with Gasteiger partial charge in [-0.1, -0.05) is 11.9 Å². The number of fused-ring (bicyclic) bond motifs is 1. The highest BCUT2D eigenvalue weighted by Gasteiger charge is 2.43. The van der Waals surface area contributed by atoms with Crippen molar-refractivity contribution in [3.05, 3.63) is 75.7 Å². The van der Waals surface area contributed by atoms with Gasteiger partial charge in [-0.05, 0) is 61.7 Å².